The van der Waals surface area contributed by atoms with Crippen LogP contribution in [0, 0.1) is 5.41 Å². The SMILES string of the molecule is CC1(C)COC(CCCCC(=O)c2cccc(C(F)(F)F)c2)OC1. The molecule has 0 aliphatic carbocycles. The third-order valence-corrected chi connectivity index (χ3v) is 3.93. The molecule has 0 aromatic heterocycles. The number of rotatable bonds is 6. The van der Waals surface area contributed by atoms with Crippen LogP contribution in [0.1, 0.15) is 55.5 Å². The summed E-state index contributed by atoms with van der Waals surface area (Å²) < 4.78 is 49.2. The Morgan fingerprint density at radius 3 is 2.50 bits per heavy atom. The van der Waals surface area contributed by atoms with Gasteiger partial charge in [0, 0.05) is 17.4 Å². The minimum atomic E-state index is -4.43. The zero-order valence-electron chi connectivity index (χ0n) is 14.0. The maximum atomic E-state index is 12.7. The van der Waals surface area contributed by atoms with Gasteiger partial charge in [-0.2, -0.15) is 13.2 Å². The molecule has 134 valence electrons. The van der Waals surface area contributed by atoms with Crippen molar-refractivity contribution in [2.45, 2.75) is 52.0 Å². The molecule has 0 radical (unpaired) electrons. The summed E-state index contributed by atoms with van der Waals surface area (Å²) in [6, 6.07) is 4.57. The molecule has 6 heteroatoms. The standard InChI is InChI=1S/C18H23F3O3/c1-17(2)11-23-16(24-12-17)9-4-3-8-15(22)13-6-5-7-14(10-13)18(19,20)21/h5-7,10,16H,3-4,8-9,11-12H2,1-2H3. The third-order valence-electron chi connectivity index (χ3n) is 3.93. The fourth-order valence-corrected chi connectivity index (χ4v) is 2.50. The molecule has 1 fully saturated rings. The smallest absolute Gasteiger partial charge is 0.352 e. The molecule has 3 nitrogen and oxygen atoms in total. The van der Waals surface area contributed by atoms with Gasteiger partial charge in [0.05, 0.1) is 18.8 Å². The second-order valence-corrected chi connectivity index (χ2v) is 6.96. The van der Waals surface area contributed by atoms with Gasteiger partial charge in [-0.25, -0.2) is 0 Å². The van der Waals surface area contributed by atoms with E-state index in [0.717, 1.165) is 18.6 Å². The number of hydrogen-bond acceptors (Lipinski definition) is 3. The molecule has 1 aromatic rings. The van der Waals surface area contributed by atoms with Gasteiger partial charge in [0.2, 0.25) is 0 Å². The molecule has 0 amide bonds. The Bertz CT molecular complexity index is 557. The van der Waals surface area contributed by atoms with Crippen LogP contribution in [-0.4, -0.2) is 25.3 Å². The molecule has 0 N–H and O–H groups in total. The maximum absolute atomic E-state index is 12.7. The van der Waals surface area contributed by atoms with Crippen molar-refractivity contribution in [1.82, 2.24) is 0 Å². The summed E-state index contributed by atoms with van der Waals surface area (Å²) in [5, 5.41) is 0. The summed E-state index contributed by atoms with van der Waals surface area (Å²) in [5.41, 5.74) is -0.660. The molecule has 1 aromatic carbocycles. The van der Waals surface area contributed by atoms with Crippen LogP contribution < -0.4 is 0 Å². The van der Waals surface area contributed by atoms with Crippen molar-refractivity contribution in [1.29, 1.82) is 0 Å². The Morgan fingerprint density at radius 2 is 1.88 bits per heavy atom. The Morgan fingerprint density at radius 1 is 1.21 bits per heavy atom. The van der Waals surface area contributed by atoms with Crippen molar-refractivity contribution < 1.29 is 27.4 Å². The second kappa shape index (κ2) is 7.66. The molecule has 0 saturated carbocycles. The number of benzene rings is 1. The van der Waals surface area contributed by atoms with E-state index < -0.39 is 11.7 Å². The minimum Gasteiger partial charge on any atom is -0.352 e. The van der Waals surface area contributed by atoms with Crippen molar-refractivity contribution in [2.24, 2.45) is 5.41 Å². The van der Waals surface area contributed by atoms with Gasteiger partial charge < -0.3 is 9.47 Å². The fraction of sp³-hybridized carbons (Fsp3) is 0.611. The summed E-state index contributed by atoms with van der Waals surface area (Å²) in [6.07, 6.45) is -2.44. The Labute approximate surface area is 140 Å². The highest BCUT2D eigenvalue weighted by molar-refractivity contribution is 5.96. The quantitative estimate of drug-likeness (QED) is 0.547. The average Bonchev–Trinajstić information content (AvgIpc) is 2.52. The van der Waals surface area contributed by atoms with Gasteiger partial charge >= 0.3 is 6.18 Å². The number of alkyl halides is 3. The minimum absolute atomic E-state index is 0.0238. The topological polar surface area (TPSA) is 35.5 Å². The lowest BCUT2D eigenvalue weighted by molar-refractivity contribution is -0.224. The molecular formula is C18H23F3O3. The fourth-order valence-electron chi connectivity index (χ4n) is 2.50. The summed E-state index contributed by atoms with van der Waals surface area (Å²) >= 11 is 0. The highest BCUT2D eigenvalue weighted by Gasteiger charge is 2.31. The molecule has 0 atom stereocenters. The maximum Gasteiger partial charge on any atom is 0.416 e. The van der Waals surface area contributed by atoms with E-state index >= 15 is 0 Å². The van der Waals surface area contributed by atoms with E-state index in [1.165, 1.54) is 12.1 Å². The van der Waals surface area contributed by atoms with Crippen LogP contribution in [0.4, 0.5) is 13.2 Å². The van der Waals surface area contributed by atoms with Crippen LogP contribution in [0.5, 0.6) is 0 Å². The zero-order valence-corrected chi connectivity index (χ0v) is 14.0. The third kappa shape index (κ3) is 5.60. The van der Waals surface area contributed by atoms with Gasteiger partial charge in [0.25, 0.3) is 0 Å². The predicted octanol–water partition coefficient (Wildman–Crippen LogP) is 4.85. The molecule has 1 aliphatic heterocycles. The first-order valence-electron chi connectivity index (χ1n) is 8.11. The lowest BCUT2D eigenvalue weighted by Crippen LogP contribution is -2.37. The number of unbranched alkanes of at least 4 members (excludes halogenated alkanes) is 1. The van der Waals surface area contributed by atoms with E-state index in [4.69, 9.17) is 9.47 Å². The number of carbonyl (C=O) groups is 1. The number of ketones is 1. The van der Waals surface area contributed by atoms with Gasteiger partial charge in [-0.3, -0.25) is 4.79 Å². The van der Waals surface area contributed by atoms with Crippen LogP contribution in [0.2, 0.25) is 0 Å². The van der Waals surface area contributed by atoms with Crippen LogP contribution in [0.3, 0.4) is 0 Å². The molecular weight excluding hydrogens is 321 g/mol. The van der Waals surface area contributed by atoms with E-state index in [1.54, 1.807) is 0 Å². The van der Waals surface area contributed by atoms with Crippen molar-refractivity contribution in [3.05, 3.63) is 35.4 Å². The van der Waals surface area contributed by atoms with E-state index in [1.807, 2.05) is 0 Å². The molecule has 0 bridgehead atoms. The number of Topliss-reactive ketones (excluding diaryl/α,β-unsaturated/α-hetero) is 1. The van der Waals surface area contributed by atoms with Gasteiger partial charge in [-0.15, -0.1) is 0 Å². The molecule has 1 saturated heterocycles. The highest BCUT2D eigenvalue weighted by Crippen LogP contribution is 2.30. The molecule has 0 unspecified atom stereocenters. The van der Waals surface area contributed by atoms with Crippen LogP contribution in [0.15, 0.2) is 24.3 Å². The first-order valence-corrected chi connectivity index (χ1v) is 8.11. The molecule has 1 aliphatic rings. The van der Waals surface area contributed by atoms with E-state index in [9.17, 15) is 18.0 Å². The van der Waals surface area contributed by atoms with E-state index in [-0.39, 0.29) is 29.5 Å². The van der Waals surface area contributed by atoms with E-state index in [0.29, 0.717) is 26.1 Å². The Balaban J connectivity index is 1.74. The summed E-state index contributed by atoms with van der Waals surface area (Å²) in [4.78, 5) is 12.0. The lowest BCUT2D eigenvalue weighted by Gasteiger charge is -2.34. The Hall–Kier alpha value is -1.40. The largest absolute Gasteiger partial charge is 0.416 e. The average molecular weight is 344 g/mol. The van der Waals surface area contributed by atoms with Gasteiger partial charge in [-0.1, -0.05) is 26.0 Å². The predicted molar refractivity (Wildman–Crippen MR) is 83.7 cm³/mol. The van der Waals surface area contributed by atoms with Crippen molar-refractivity contribution in [3.63, 3.8) is 0 Å². The monoisotopic (exact) mass is 344 g/mol. The van der Waals surface area contributed by atoms with Gasteiger partial charge in [-0.05, 0) is 31.4 Å². The van der Waals surface area contributed by atoms with Crippen LogP contribution in [0.25, 0.3) is 0 Å². The number of hydrogen-bond donors (Lipinski definition) is 0. The summed E-state index contributed by atoms with van der Waals surface area (Å²) in [5.74, 6) is -0.271. The first kappa shape index (κ1) is 18.9. The van der Waals surface area contributed by atoms with Crippen molar-refractivity contribution in [3.8, 4) is 0 Å². The summed E-state index contributed by atoms with van der Waals surface area (Å²) in [7, 11) is 0. The summed E-state index contributed by atoms with van der Waals surface area (Å²) in [6.45, 7) is 5.41. The first-order chi connectivity index (χ1) is 11.2. The molecule has 0 spiro atoms. The number of halogens is 3. The van der Waals surface area contributed by atoms with Crippen molar-refractivity contribution >= 4 is 5.78 Å². The van der Waals surface area contributed by atoms with Gasteiger partial charge in [0.15, 0.2) is 12.1 Å². The molecule has 24 heavy (non-hydrogen) atoms. The van der Waals surface area contributed by atoms with Crippen LogP contribution >= 0.6 is 0 Å². The van der Waals surface area contributed by atoms with Crippen LogP contribution in [-0.2, 0) is 15.7 Å². The Kier molecular flexibility index (Phi) is 6.04. The number of carbonyl (C=O) groups excluding carboxylic acids is 1. The zero-order chi connectivity index (χ0) is 17.8. The lowest BCUT2D eigenvalue weighted by atomic mass is 9.95. The van der Waals surface area contributed by atoms with Crippen molar-refractivity contribution in [2.75, 3.05) is 13.2 Å². The normalized spacial score (nSPS) is 18.5. The number of ether oxygens (including phenoxy) is 2. The second-order valence-electron chi connectivity index (χ2n) is 6.96. The van der Waals surface area contributed by atoms with E-state index in [2.05, 4.69) is 13.8 Å². The van der Waals surface area contributed by atoms with Gasteiger partial charge in [0.1, 0.15) is 0 Å². The molecule has 1 heterocycles. The highest BCUT2D eigenvalue weighted by atomic mass is 19.4. The molecule has 2 rings (SSSR count).